The van der Waals surface area contributed by atoms with E-state index in [-0.39, 0.29) is 6.54 Å². The molecule has 0 spiro atoms. The number of hydrogen-bond donors (Lipinski definition) is 2. The van der Waals surface area contributed by atoms with Gasteiger partial charge < -0.3 is 15.4 Å². The number of carbonyl (C=O) groups is 2. The molecule has 2 rings (SSSR count). The first kappa shape index (κ1) is 24.8. The Hall–Kier alpha value is -3.46. The van der Waals surface area contributed by atoms with E-state index in [2.05, 4.69) is 20.7 Å². The lowest BCUT2D eigenvalue weighted by atomic mass is 10.1. The van der Waals surface area contributed by atoms with Crippen molar-refractivity contribution < 1.29 is 14.3 Å². The van der Waals surface area contributed by atoms with Gasteiger partial charge in [-0.2, -0.15) is 5.10 Å². The number of rotatable bonds is 9. The lowest BCUT2D eigenvalue weighted by Crippen LogP contribution is -2.49. The maximum Gasteiger partial charge on any atom is 0.330 e. The molecule has 0 saturated carbocycles. The Morgan fingerprint density at radius 3 is 2.44 bits per heavy atom. The molecule has 2 N–H and O–H groups in total. The van der Waals surface area contributed by atoms with Crippen LogP contribution in [-0.4, -0.2) is 54.9 Å². The lowest BCUT2D eigenvalue weighted by Gasteiger charge is -2.20. The molecule has 32 heavy (non-hydrogen) atoms. The summed E-state index contributed by atoms with van der Waals surface area (Å²) in [4.78, 5) is 31.1. The SMILES string of the molecule is CN=C(C)C(Cn1cc(N(C(=O)NCCOC)C(=O)NCc2ccccc2)cn1)=C(C)C. The number of imide groups is 1. The molecule has 0 aliphatic rings. The van der Waals surface area contributed by atoms with Crippen molar-refractivity contribution in [3.8, 4) is 0 Å². The molecule has 9 heteroatoms. The molecule has 0 radical (unpaired) electrons. The van der Waals surface area contributed by atoms with Gasteiger partial charge in [-0.15, -0.1) is 0 Å². The van der Waals surface area contributed by atoms with Gasteiger partial charge in [0.25, 0.3) is 0 Å². The summed E-state index contributed by atoms with van der Waals surface area (Å²) in [7, 11) is 3.29. The highest BCUT2D eigenvalue weighted by atomic mass is 16.5. The molecule has 0 unspecified atom stereocenters. The number of nitrogens with one attached hydrogen (secondary N) is 2. The van der Waals surface area contributed by atoms with Crippen molar-refractivity contribution in [2.24, 2.45) is 4.99 Å². The second-order valence-corrected chi connectivity index (χ2v) is 7.39. The van der Waals surface area contributed by atoms with Gasteiger partial charge in [0.2, 0.25) is 0 Å². The molecule has 2 aromatic rings. The molecule has 0 saturated heterocycles. The molecule has 0 bridgehead atoms. The summed E-state index contributed by atoms with van der Waals surface area (Å²) in [5.74, 6) is 0. The maximum atomic E-state index is 12.9. The first-order chi connectivity index (χ1) is 15.4. The molecule has 0 aliphatic heterocycles. The molecular weight excluding hydrogens is 408 g/mol. The number of aliphatic imine (C=N–C) groups is 1. The summed E-state index contributed by atoms with van der Waals surface area (Å²) in [6.45, 7) is 7.37. The van der Waals surface area contributed by atoms with Crippen molar-refractivity contribution in [2.45, 2.75) is 33.9 Å². The van der Waals surface area contributed by atoms with Crippen LogP contribution in [0.15, 0.2) is 58.9 Å². The monoisotopic (exact) mass is 440 g/mol. The number of nitrogens with zero attached hydrogens (tertiary/aromatic N) is 4. The van der Waals surface area contributed by atoms with E-state index in [4.69, 9.17) is 4.74 Å². The van der Waals surface area contributed by atoms with Gasteiger partial charge in [0, 0.05) is 39.2 Å². The molecular formula is C23H32N6O3. The minimum Gasteiger partial charge on any atom is -0.383 e. The van der Waals surface area contributed by atoms with Gasteiger partial charge in [-0.25, -0.2) is 14.5 Å². The minimum atomic E-state index is -0.555. The minimum absolute atomic E-state index is 0.278. The average Bonchev–Trinajstić information content (AvgIpc) is 3.24. The van der Waals surface area contributed by atoms with Crippen molar-refractivity contribution in [3.05, 3.63) is 59.4 Å². The molecule has 9 nitrogen and oxygen atoms in total. The predicted octanol–water partition coefficient (Wildman–Crippen LogP) is 3.38. The third-order valence-electron chi connectivity index (χ3n) is 4.85. The van der Waals surface area contributed by atoms with Crippen LogP contribution < -0.4 is 15.5 Å². The zero-order valence-electron chi connectivity index (χ0n) is 19.4. The van der Waals surface area contributed by atoms with E-state index in [9.17, 15) is 9.59 Å². The van der Waals surface area contributed by atoms with E-state index >= 15 is 0 Å². The Balaban J connectivity index is 2.22. The van der Waals surface area contributed by atoms with Crippen LogP contribution in [0.1, 0.15) is 26.3 Å². The van der Waals surface area contributed by atoms with Crippen LogP contribution in [0, 0.1) is 0 Å². The Bertz CT molecular complexity index is 961. The molecule has 0 fully saturated rings. The summed E-state index contributed by atoms with van der Waals surface area (Å²) >= 11 is 0. The summed E-state index contributed by atoms with van der Waals surface area (Å²) < 4.78 is 6.67. The standard InChI is InChI=1S/C23H32N6O3/c1-17(2)21(18(3)24-4)16-28-15-20(14-27-28)29(22(30)25-11-12-32-5)23(31)26-13-19-9-7-6-8-10-19/h6-10,14-15H,11-13,16H2,1-5H3,(H,25,30)(H,26,31). The molecule has 0 aliphatic carbocycles. The summed E-state index contributed by atoms with van der Waals surface area (Å²) in [6.07, 6.45) is 3.17. The fraction of sp³-hybridized carbons (Fsp3) is 0.391. The zero-order chi connectivity index (χ0) is 23.5. The number of benzene rings is 1. The van der Waals surface area contributed by atoms with Crippen LogP contribution in [-0.2, 0) is 17.8 Å². The van der Waals surface area contributed by atoms with E-state index in [1.54, 1.807) is 25.0 Å². The lowest BCUT2D eigenvalue weighted by molar-refractivity contribution is 0.196. The number of ether oxygens (including phenoxy) is 1. The van der Waals surface area contributed by atoms with Crippen LogP contribution in [0.25, 0.3) is 0 Å². The molecule has 1 aromatic carbocycles. The van der Waals surface area contributed by atoms with Crippen molar-refractivity contribution in [3.63, 3.8) is 0 Å². The van der Waals surface area contributed by atoms with Crippen molar-refractivity contribution in [2.75, 3.05) is 32.2 Å². The number of carbonyl (C=O) groups excluding carboxylic acids is 2. The molecule has 1 heterocycles. The van der Waals surface area contributed by atoms with Crippen molar-refractivity contribution in [1.82, 2.24) is 20.4 Å². The fourth-order valence-electron chi connectivity index (χ4n) is 3.00. The van der Waals surface area contributed by atoms with E-state index in [1.165, 1.54) is 6.20 Å². The first-order valence-corrected chi connectivity index (χ1v) is 10.4. The van der Waals surface area contributed by atoms with Crippen molar-refractivity contribution >= 4 is 23.5 Å². The van der Waals surface area contributed by atoms with Gasteiger partial charge in [0.05, 0.1) is 25.0 Å². The van der Waals surface area contributed by atoms with E-state index < -0.39 is 12.1 Å². The van der Waals surface area contributed by atoms with Gasteiger partial charge >= 0.3 is 12.1 Å². The zero-order valence-corrected chi connectivity index (χ0v) is 19.4. The summed E-state index contributed by atoms with van der Waals surface area (Å²) in [5, 5.41) is 9.84. The number of aromatic nitrogens is 2. The highest BCUT2D eigenvalue weighted by Crippen LogP contribution is 2.16. The second-order valence-electron chi connectivity index (χ2n) is 7.39. The number of anilines is 1. The normalized spacial score (nSPS) is 11.1. The summed E-state index contributed by atoms with van der Waals surface area (Å²) in [6, 6.07) is 8.39. The second kappa shape index (κ2) is 12.4. The van der Waals surface area contributed by atoms with Gasteiger partial charge in [-0.05, 0) is 31.9 Å². The van der Waals surface area contributed by atoms with Gasteiger partial charge in [-0.3, -0.25) is 9.67 Å². The third kappa shape index (κ3) is 7.05. The van der Waals surface area contributed by atoms with Crippen LogP contribution in [0.4, 0.5) is 15.3 Å². The largest absolute Gasteiger partial charge is 0.383 e. The van der Waals surface area contributed by atoms with Gasteiger partial charge in [0.15, 0.2) is 0 Å². The average molecular weight is 441 g/mol. The van der Waals surface area contributed by atoms with Crippen LogP contribution in [0.3, 0.4) is 0 Å². The smallest absolute Gasteiger partial charge is 0.330 e. The quantitative estimate of drug-likeness (QED) is 0.461. The third-order valence-corrected chi connectivity index (χ3v) is 4.85. The van der Waals surface area contributed by atoms with Crippen LogP contribution in [0.2, 0.25) is 0 Å². The first-order valence-electron chi connectivity index (χ1n) is 10.4. The van der Waals surface area contributed by atoms with E-state index in [1.807, 2.05) is 51.1 Å². The number of allylic oxidation sites excluding steroid dienone is 2. The number of urea groups is 2. The highest BCUT2D eigenvalue weighted by Gasteiger charge is 2.25. The predicted molar refractivity (Wildman–Crippen MR) is 126 cm³/mol. The highest BCUT2D eigenvalue weighted by molar-refractivity contribution is 6.13. The molecule has 1 aromatic heterocycles. The van der Waals surface area contributed by atoms with Gasteiger partial charge in [0.1, 0.15) is 0 Å². The van der Waals surface area contributed by atoms with Crippen LogP contribution in [0.5, 0.6) is 0 Å². The molecule has 4 amide bonds. The number of methoxy groups -OCH3 is 1. The Morgan fingerprint density at radius 1 is 1.12 bits per heavy atom. The van der Waals surface area contributed by atoms with Crippen LogP contribution >= 0.6 is 0 Å². The Labute approximate surface area is 189 Å². The van der Waals surface area contributed by atoms with E-state index in [0.717, 1.165) is 27.3 Å². The fourth-order valence-corrected chi connectivity index (χ4v) is 3.00. The topological polar surface area (TPSA) is 101 Å². The maximum absolute atomic E-state index is 12.9. The molecule has 0 atom stereocenters. The van der Waals surface area contributed by atoms with Gasteiger partial charge in [-0.1, -0.05) is 35.9 Å². The van der Waals surface area contributed by atoms with Crippen molar-refractivity contribution in [1.29, 1.82) is 0 Å². The number of amides is 4. The Kier molecular flexibility index (Phi) is 9.62. The molecule has 172 valence electrons. The Morgan fingerprint density at radius 2 is 1.81 bits per heavy atom. The number of hydrogen-bond acceptors (Lipinski definition) is 5. The summed E-state index contributed by atoms with van der Waals surface area (Å²) in [5.41, 5.74) is 4.38. The van der Waals surface area contributed by atoms with E-state index in [0.29, 0.717) is 25.4 Å².